The summed E-state index contributed by atoms with van der Waals surface area (Å²) in [5, 5.41) is 13.9. The quantitative estimate of drug-likeness (QED) is 0.826. The van der Waals surface area contributed by atoms with Gasteiger partial charge < -0.3 is 15.2 Å². The molecule has 2 atom stereocenters. The van der Waals surface area contributed by atoms with E-state index in [2.05, 4.69) is 17.4 Å². The first-order valence-corrected chi connectivity index (χ1v) is 7.29. The Morgan fingerprint density at radius 1 is 1.05 bits per heavy atom. The number of aliphatic hydroxyl groups is 1. The van der Waals surface area contributed by atoms with E-state index in [-0.39, 0.29) is 6.04 Å². The zero-order chi connectivity index (χ0) is 15.1. The fourth-order valence-electron chi connectivity index (χ4n) is 2.23. The number of hydrogen-bond donors (Lipinski definition) is 2. The summed E-state index contributed by atoms with van der Waals surface area (Å²) < 4.78 is 4.96. The number of nitrogens with one attached hydrogen (secondary N) is 1. The van der Waals surface area contributed by atoms with E-state index in [4.69, 9.17) is 16.3 Å². The molecule has 0 saturated heterocycles. The fraction of sp³-hybridized carbons (Fsp3) is 0.294. The summed E-state index contributed by atoms with van der Waals surface area (Å²) in [4.78, 5) is 0. The zero-order valence-electron chi connectivity index (χ0n) is 12.0. The minimum Gasteiger partial charge on any atom is -0.389 e. The van der Waals surface area contributed by atoms with Crippen molar-refractivity contribution in [1.82, 2.24) is 5.32 Å². The fourth-order valence-corrected chi connectivity index (χ4v) is 2.36. The van der Waals surface area contributed by atoms with Crippen LogP contribution in [0.4, 0.5) is 0 Å². The maximum Gasteiger partial charge on any atom is 0.0897 e. The molecule has 4 heteroatoms. The summed E-state index contributed by atoms with van der Waals surface area (Å²) in [7, 11) is 1.58. The third-order valence-electron chi connectivity index (χ3n) is 3.25. The lowest BCUT2D eigenvalue weighted by Gasteiger charge is -2.21. The van der Waals surface area contributed by atoms with Gasteiger partial charge in [-0.25, -0.2) is 0 Å². The van der Waals surface area contributed by atoms with E-state index in [0.717, 1.165) is 11.1 Å². The van der Waals surface area contributed by atoms with Gasteiger partial charge in [0.2, 0.25) is 0 Å². The van der Waals surface area contributed by atoms with Crippen molar-refractivity contribution in [2.75, 3.05) is 20.3 Å². The number of halogens is 1. The van der Waals surface area contributed by atoms with Crippen molar-refractivity contribution in [2.24, 2.45) is 0 Å². The van der Waals surface area contributed by atoms with Crippen molar-refractivity contribution in [3.05, 3.63) is 70.7 Å². The van der Waals surface area contributed by atoms with Gasteiger partial charge >= 0.3 is 0 Å². The smallest absolute Gasteiger partial charge is 0.0897 e. The van der Waals surface area contributed by atoms with E-state index in [9.17, 15) is 5.11 Å². The van der Waals surface area contributed by atoms with Gasteiger partial charge in [-0.3, -0.25) is 0 Å². The highest BCUT2D eigenvalue weighted by molar-refractivity contribution is 6.30. The van der Waals surface area contributed by atoms with Gasteiger partial charge in [0.1, 0.15) is 0 Å². The summed E-state index contributed by atoms with van der Waals surface area (Å²) in [6, 6.07) is 17.9. The van der Waals surface area contributed by atoms with Crippen LogP contribution >= 0.6 is 11.6 Å². The number of ether oxygens (including phenoxy) is 1. The van der Waals surface area contributed by atoms with E-state index in [1.54, 1.807) is 7.11 Å². The molecule has 2 aromatic rings. The van der Waals surface area contributed by atoms with Crippen LogP contribution in [0, 0.1) is 0 Å². The van der Waals surface area contributed by atoms with E-state index < -0.39 is 6.10 Å². The van der Waals surface area contributed by atoms with Crippen molar-refractivity contribution in [3.63, 3.8) is 0 Å². The number of methoxy groups -OCH3 is 1. The molecular formula is C17H20ClNO2. The van der Waals surface area contributed by atoms with Gasteiger partial charge in [0, 0.05) is 18.7 Å². The minimum absolute atomic E-state index is 0.00923. The maximum absolute atomic E-state index is 9.83. The SMILES string of the molecule is COCC(O)CNC(c1ccccc1)c1ccc(Cl)cc1. The first-order valence-electron chi connectivity index (χ1n) is 6.91. The number of benzene rings is 2. The molecule has 2 rings (SSSR count). The second-order valence-electron chi connectivity index (χ2n) is 4.91. The molecule has 0 radical (unpaired) electrons. The van der Waals surface area contributed by atoms with Crippen LogP contribution in [0.1, 0.15) is 17.2 Å². The summed E-state index contributed by atoms with van der Waals surface area (Å²) in [5.41, 5.74) is 2.25. The van der Waals surface area contributed by atoms with Crippen LogP contribution in [-0.2, 0) is 4.74 Å². The largest absolute Gasteiger partial charge is 0.389 e. The van der Waals surface area contributed by atoms with E-state index in [1.165, 1.54) is 0 Å². The third kappa shape index (κ3) is 4.83. The standard InChI is InChI=1S/C17H20ClNO2/c1-21-12-16(20)11-19-17(13-5-3-2-4-6-13)14-7-9-15(18)10-8-14/h2-10,16-17,19-20H,11-12H2,1H3. The van der Waals surface area contributed by atoms with Gasteiger partial charge in [-0.2, -0.15) is 0 Å². The Morgan fingerprint density at radius 3 is 2.29 bits per heavy atom. The number of hydrogen-bond acceptors (Lipinski definition) is 3. The summed E-state index contributed by atoms with van der Waals surface area (Å²) >= 11 is 5.95. The van der Waals surface area contributed by atoms with E-state index >= 15 is 0 Å². The first kappa shape index (κ1) is 16.0. The Labute approximate surface area is 130 Å². The molecule has 0 saturated carbocycles. The molecule has 2 unspecified atom stereocenters. The Hall–Kier alpha value is -1.39. The van der Waals surface area contributed by atoms with Crippen LogP contribution in [0.25, 0.3) is 0 Å². The summed E-state index contributed by atoms with van der Waals surface area (Å²) in [5.74, 6) is 0. The van der Waals surface area contributed by atoms with Crippen LogP contribution in [0.15, 0.2) is 54.6 Å². The Balaban J connectivity index is 2.16. The molecule has 112 valence electrons. The van der Waals surface area contributed by atoms with Gasteiger partial charge in [0.15, 0.2) is 0 Å². The molecule has 2 N–H and O–H groups in total. The van der Waals surface area contributed by atoms with Crippen molar-refractivity contribution in [1.29, 1.82) is 0 Å². The highest BCUT2D eigenvalue weighted by Crippen LogP contribution is 2.23. The molecule has 0 amide bonds. The second kappa shape index (κ2) is 8.15. The van der Waals surface area contributed by atoms with Gasteiger partial charge in [0.05, 0.1) is 18.8 Å². The Kier molecular flexibility index (Phi) is 6.21. The average molecular weight is 306 g/mol. The predicted molar refractivity (Wildman–Crippen MR) is 85.6 cm³/mol. The van der Waals surface area contributed by atoms with Gasteiger partial charge in [-0.1, -0.05) is 54.1 Å². The van der Waals surface area contributed by atoms with Crippen LogP contribution in [0.3, 0.4) is 0 Å². The second-order valence-corrected chi connectivity index (χ2v) is 5.35. The molecule has 0 fully saturated rings. The predicted octanol–water partition coefficient (Wildman–Crippen LogP) is 3.03. The zero-order valence-corrected chi connectivity index (χ0v) is 12.8. The van der Waals surface area contributed by atoms with Crippen molar-refractivity contribution < 1.29 is 9.84 Å². The molecule has 0 spiro atoms. The van der Waals surface area contributed by atoms with Crippen LogP contribution in [0.5, 0.6) is 0 Å². The molecule has 2 aromatic carbocycles. The maximum atomic E-state index is 9.83. The van der Waals surface area contributed by atoms with Crippen molar-refractivity contribution in [3.8, 4) is 0 Å². The lowest BCUT2D eigenvalue weighted by atomic mass is 9.98. The van der Waals surface area contributed by atoms with E-state index in [1.807, 2.05) is 42.5 Å². The normalized spacial score (nSPS) is 13.9. The lowest BCUT2D eigenvalue weighted by Crippen LogP contribution is -2.33. The van der Waals surface area contributed by atoms with Crippen LogP contribution in [-0.4, -0.2) is 31.5 Å². The highest BCUT2D eigenvalue weighted by Gasteiger charge is 2.15. The van der Waals surface area contributed by atoms with Gasteiger partial charge in [0.25, 0.3) is 0 Å². The molecule has 0 aromatic heterocycles. The topological polar surface area (TPSA) is 41.5 Å². The highest BCUT2D eigenvalue weighted by atomic mass is 35.5. The summed E-state index contributed by atoms with van der Waals surface area (Å²) in [6.45, 7) is 0.769. The van der Waals surface area contributed by atoms with Crippen LogP contribution in [0.2, 0.25) is 5.02 Å². The molecule has 0 aliphatic carbocycles. The minimum atomic E-state index is -0.534. The molecule has 21 heavy (non-hydrogen) atoms. The Morgan fingerprint density at radius 2 is 1.67 bits per heavy atom. The van der Waals surface area contributed by atoms with Crippen LogP contribution < -0.4 is 5.32 Å². The number of rotatable bonds is 7. The summed E-state index contributed by atoms with van der Waals surface area (Å²) in [6.07, 6.45) is -0.534. The average Bonchev–Trinajstić information content (AvgIpc) is 2.50. The molecule has 0 aliphatic rings. The first-order chi connectivity index (χ1) is 10.2. The molecule has 0 heterocycles. The van der Waals surface area contributed by atoms with Crippen molar-refractivity contribution >= 4 is 11.6 Å². The van der Waals surface area contributed by atoms with E-state index in [0.29, 0.717) is 18.2 Å². The monoisotopic (exact) mass is 305 g/mol. The third-order valence-corrected chi connectivity index (χ3v) is 3.50. The molecule has 0 aliphatic heterocycles. The lowest BCUT2D eigenvalue weighted by molar-refractivity contribution is 0.0634. The number of aliphatic hydroxyl groups excluding tert-OH is 1. The van der Waals surface area contributed by atoms with Crippen molar-refractivity contribution in [2.45, 2.75) is 12.1 Å². The van der Waals surface area contributed by atoms with Gasteiger partial charge in [-0.15, -0.1) is 0 Å². The molecular weight excluding hydrogens is 286 g/mol. The molecule has 3 nitrogen and oxygen atoms in total. The Bertz CT molecular complexity index is 530. The van der Waals surface area contributed by atoms with Gasteiger partial charge in [-0.05, 0) is 23.3 Å². The molecule has 0 bridgehead atoms.